The van der Waals surface area contributed by atoms with Crippen molar-refractivity contribution in [3.05, 3.63) is 72.9 Å². The SMILES string of the molecule is CC1/C=C/C=C/CC/C=C/C=C/C=C/C=C\C(O[C@@H]2O[C@H](C)[C@@H](O)[C@H](N)[C@@H]2O)CC(O)C(C(=O)O)C(O)CC(=O)CC(O)C(O)CCC(O)CC(O)CC(O)CC(=O)OC(C)C(C)C1O. The molecule has 0 aliphatic carbocycles. The summed E-state index contributed by atoms with van der Waals surface area (Å²) in [6, 6.07) is -1.15. The van der Waals surface area contributed by atoms with Gasteiger partial charge in [0.1, 0.15) is 23.9 Å². The maximum Gasteiger partial charge on any atom is 0.311 e. The maximum atomic E-state index is 12.9. The van der Waals surface area contributed by atoms with Gasteiger partial charge in [0, 0.05) is 31.1 Å². The number of aliphatic hydroxyl groups excluding tert-OH is 10. The summed E-state index contributed by atoms with van der Waals surface area (Å²) in [7, 11) is 0. The fourth-order valence-electron chi connectivity index (χ4n) is 7.45. The van der Waals surface area contributed by atoms with Gasteiger partial charge < -0.3 is 76.1 Å². The van der Waals surface area contributed by atoms with Gasteiger partial charge >= 0.3 is 11.9 Å². The third kappa shape index (κ3) is 21.4. The number of Topliss-reactive ketones (excluding diaryl/α,β-unsaturated/α-hetero) is 1. The lowest BCUT2D eigenvalue weighted by molar-refractivity contribution is -0.277. The van der Waals surface area contributed by atoms with Crippen LogP contribution >= 0.6 is 0 Å². The van der Waals surface area contributed by atoms with Gasteiger partial charge in [0.05, 0.1) is 79.6 Å². The number of ketones is 1. The summed E-state index contributed by atoms with van der Waals surface area (Å²) in [6.45, 7) is 6.73. The number of ether oxygens (including phenoxy) is 3. The van der Waals surface area contributed by atoms with E-state index in [0.29, 0.717) is 0 Å². The Hall–Kier alpha value is -3.47. The molecule has 2 rings (SSSR count). The highest BCUT2D eigenvalue weighted by molar-refractivity contribution is 5.81. The van der Waals surface area contributed by atoms with Crippen LogP contribution in [0.25, 0.3) is 0 Å². The summed E-state index contributed by atoms with van der Waals surface area (Å²) in [4.78, 5) is 37.8. The predicted molar refractivity (Wildman–Crippen MR) is 238 cm³/mol. The molecule has 0 radical (unpaired) electrons. The van der Waals surface area contributed by atoms with Crippen LogP contribution in [0.15, 0.2) is 72.9 Å². The number of carbonyl (C=O) groups is 3. The smallest absolute Gasteiger partial charge is 0.311 e. The molecule has 65 heavy (non-hydrogen) atoms. The minimum Gasteiger partial charge on any atom is -0.481 e. The Labute approximate surface area is 381 Å². The van der Waals surface area contributed by atoms with Crippen LogP contribution in [0.2, 0.25) is 0 Å². The van der Waals surface area contributed by atoms with Gasteiger partial charge in [0.15, 0.2) is 6.29 Å². The molecule has 1 saturated heterocycles. The van der Waals surface area contributed by atoms with Gasteiger partial charge in [-0.05, 0) is 52.4 Å². The van der Waals surface area contributed by atoms with E-state index in [1.165, 1.54) is 13.0 Å². The number of carboxylic acids is 1. The first kappa shape index (κ1) is 57.7. The van der Waals surface area contributed by atoms with E-state index in [-0.39, 0.29) is 31.6 Å². The number of hydrogen-bond acceptors (Lipinski definition) is 17. The van der Waals surface area contributed by atoms with Crippen molar-refractivity contribution in [3.8, 4) is 0 Å². The van der Waals surface area contributed by atoms with Gasteiger partial charge in [-0.2, -0.15) is 0 Å². The second-order valence-corrected chi connectivity index (χ2v) is 17.4. The number of allylic oxidation sites excluding steroid dienone is 10. The van der Waals surface area contributed by atoms with Crippen molar-refractivity contribution in [2.24, 2.45) is 23.5 Å². The van der Waals surface area contributed by atoms with E-state index in [4.69, 9.17) is 19.9 Å². The van der Waals surface area contributed by atoms with Gasteiger partial charge in [0.25, 0.3) is 0 Å². The van der Waals surface area contributed by atoms with E-state index < -0.39 is 147 Å². The number of esters is 1. The molecule has 0 aromatic heterocycles. The lowest BCUT2D eigenvalue weighted by Crippen LogP contribution is -2.61. The summed E-state index contributed by atoms with van der Waals surface area (Å²) < 4.78 is 17.0. The maximum absolute atomic E-state index is 12.9. The van der Waals surface area contributed by atoms with Crippen LogP contribution in [0, 0.1) is 17.8 Å². The van der Waals surface area contributed by atoms with Crippen LogP contribution in [0.3, 0.4) is 0 Å². The zero-order chi connectivity index (χ0) is 48.8. The summed E-state index contributed by atoms with van der Waals surface area (Å²) in [6.07, 6.45) is 0.848. The second kappa shape index (κ2) is 30.0. The van der Waals surface area contributed by atoms with Gasteiger partial charge in [0.2, 0.25) is 0 Å². The molecule has 0 saturated carbocycles. The fraction of sp³-hybridized carbons (Fsp3) is 0.681. The zero-order valence-electron chi connectivity index (χ0n) is 37.8. The minimum absolute atomic E-state index is 0.144. The molecule has 18 heteroatoms. The summed E-state index contributed by atoms with van der Waals surface area (Å²) >= 11 is 0. The Morgan fingerprint density at radius 1 is 0.615 bits per heavy atom. The summed E-state index contributed by atoms with van der Waals surface area (Å²) in [5.41, 5.74) is 5.96. The lowest BCUT2D eigenvalue weighted by atomic mass is 9.88. The Balaban J connectivity index is 2.26. The number of carbonyl (C=O) groups excluding carboxylic acids is 2. The van der Waals surface area contributed by atoms with E-state index >= 15 is 0 Å². The predicted octanol–water partition coefficient (Wildman–Crippen LogP) is 0.778. The fourth-order valence-corrected chi connectivity index (χ4v) is 7.45. The minimum atomic E-state index is -1.95. The van der Waals surface area contributed by atoms with Crippen LogP contribution in [-0.2, 0) is 28.6 Å². The number of cyclic esters (lactones) is 1. The van der Waals surface area contributed by atoms with Gasteiger partial charge in [-0.25, -0.2) is 0 Å². The molecule has 2 aliphatic heterocycles. The molecule has 18 nitrogen and oxygen atoms in total. The van der Waals surface area contributed by atoms with Crippen molar-refractivity contribution >= 4 is 17.7 Å². The highest BCUT2D eigenvalue weighted by atomic mass is 16.7. The first-order valence-electron chi connectivity index (χ1n) is 22.4. The van der Waals surface area contributed by atoms with Gasteiger partial charge in [-0.15, -0.1) is 0 Å². The number of aliphatic hydroxyl groups is 10. The van der Waals surface area contributed by atoms with Crippen molar-refractivity contribution in [2.45, 2.75) is 184 Å². The van der Waals surface area contributed by atoms with Crippen molar-refractivity contribution in [2.75, 3.05) is 0 Å². The number of aliphatic carboxylic acids is 1. The third-order valence-corrected chi connectivity index (χ3v) is 11.7. The van der Waals surface area contributed by atoms with Crippen molar-refractivity contribution in [3.63, 3.8) is 0 Å². The normalized spacial score (nSPS) is 42.5. The summed E-state index contributed by atoms with van der Waals surface area (Å²) in [5.74, 6) is -5.88. The number of rotatable bonds is 3. The molecule has 0 aromatic carbocycles. The Morgan fingerprint density at radius 3 is 1.83 bits per heavy atom. The quantitative estimate of drug-likeness (QED) is 0.174. The van der Waals surface area contributed by atoms with E-state index in [0.717, 1.165) is 12.8 Å². The zero-order valence-corrected chi connectivity index (χ0v) is 37.8. The van der Waals surface area contributed by atoms with Crippen molar-refractivity contribution < 1.29 is 84.8 Å². The standard InChI is InChI=1S/C47H75NO17/c1-27-17-15-13-11-9-7-5-6-8-10-12-14-16-18-35(65-47-45(60)42(48)44(59)30(4)64-47)26-39(56)41(46(61)62)38(55)24-34(52)23-37(54)36(53)20-19-31(49)21-32(50)22-33(51)25-40(57)63-29(3)28(2)43(27)58/h5-6,8,10-18,27-33,35-39,41-45,47,49-51,53-56,58-60H,7,9,19-26,48H2,1-4H3,(H,61,62)/b6-5+,10-8+,13-11+,14-12+,17-15+,18-16-/t27?,28?,29?,30-,31?,32?,33?,35?,36?,37?,38?,39?,41?,42+,43?,44-,45+,47+/m1/s1. The van der Waals surface area contributed by atoms with Crippen LogP contribution < -0.4 is 5.73 Å². The summed E-state index contributed by atoms with van der Waals surface area (Å²) in [5, 5.41) is 116. The average molecular weight is 926 g/mol. The Kier molecular flexibility index (Phi) is 26.6. The first-order valence-corrected chi connectivity index (χ1v) is 22.4. The molecule has 0 bridgehead atoms. The second-order valence-electron chi connectivity index (χ2n) is 17.4. The van der Waals surface area contributed by atoms with E-state index in [1.807, 2.05) is 43.4 Å². The number of nitrogens with two attached hydrogens (primary N) is 1. The van der Waals surface area contributed by atoms with Crippen LogP contribution in [0.4, 0.5) is 0 Å². The molecule has 1 fully saturated rings. The van der Waals surface area contributed by atoms with Gasteiger partial charge in [-0.3, -0.25) is 14.4 Å². The van der Waals surface area contributed by atoms with Crippen LogP contribution in [0.5, 0.6) is 0 Å². The van der Waals surface area contributed by atoms with E-state index in [1.54, 1.807) is 44.2 Å². The highest BCUT2D eigenvalue weighted by Gasteiger charge is 2.43. The molecule has 13 N–H and O–H groups in total. The molecular weight excluding hydrogens is 851 g/mol. The number of hydrogen-bond donors (Lipinski definition) is 12. The lowest BCUT2D eigenvalue weighted by Gasteiger charge is -2.41. The largest absolute Gasteiger partial charge is 0.481 e. The Bertz CT molecular complexity index is 1600. The van der Waals surface area contributed by atoms with Gasteiger partial charge in [-0.1, -0.05) is 86.8 Å². The molecule has 2 aliphatic rings. The number of carboxylic acid groups (broad SMARTS) is 1. The first-order chi connectivity index (χ1) is 30.6. The highest BCUT2D eigenvalue weighted by Crippen LogP contribution is 2.26. The molecule has 0 amide bonds. The van der Waals surface area contributed by atoms with Crippen LogP contribution in [-0.4, -0.2) is 166 Å². The monoisotopic (exact) mass is 926 g/mol. The Morgan fingerprint density at radius 2 is 1.18 bits per heavy atom. The molecule has 2 heterocycles. The molecule has 18 atom stereocenters. The average Bonchev–Trinajstić information content (AvgIpc) is 3.22. The molecule has 0 aromatic rings. The van der Waals surface area contributed by atoms with Crippen LogP contribution in [0.1, 0.15) is 91.9 Å². The molecular formula is C47H75NO17. The molecule has 0 spiro atoms. The van der Waals surface area contributed by atoms with Crippen molar-refractivity contribution in [1.82, 2.24) is 0 Å². The van der Waals surface area contributed by atoms with E-state index in [2.05, 4.69) is 0 Å². The molecule has 13 unspecified atom stereocenters. The topological polar surface area (TPSA) is 327 Å². The third-order valence-electron chi connectivity index (χ3n) is 11.7. The van der Waals surface area contributed by atoms with E-state index in [9.17, 15) is 70.6 Å². The van der Waals surface area contributed by atoms with Crippen molar-refractivity contribution in [1.29, 1.82) is 0 Å². The molecule has 370 valence electrons.